The molecular formula is C21H24N8O2. The average Bonchev–Trinajstić information content (AvgIpc) is 3.16. The second kappa shape index (κ2) is 8.52. The van der Waals surface area contributed by atoms with E-state index in [2.05, 4.69) is 48.9 Å². The molecule has 1 aliphatic heterocycles. The van der Waals surface area contributed by atoms with Gasteiger partial charge in [-0.2, -0.15) is 4.98 Å². The quantitative estimate of drug-likeness (QED) is 0.593. The summed E-state index contributed by atoms with van der Waals surface area (Å²) in [5.41, 5.74) is 3.35. The molecule has 0 atom stereocenters. The van der Waals surface area contributed by atoms with Gasteiger partial charge in [-0.15, -0.1) is 0 Å². The fourth-order valence-corrected chi connectivity index (χ4v) is 3.69. The van der Waals surface area contributed by atoms with Crippen LogP contribution in [0.4, 0.5) is 22.7 Å². The maximum Gasteiger partial charge on any atom is 0.258 e. The molecule has 31 heavy (non-hydrogen) atoms. The van der Waals surface area contributed by atoms with Gasteiger partial charge in [-0.1, -0.05) is 0 Å². The molecule has 0 aliphatic carbocycles. The fraction of sp³-hybridized carbons (Fsp3) is 0.286. The Balaban J connectivity index is 1.71. The molecule has 0 radical (unpaired) electrons. The van der Waals surface area contributed by atoms with Crippen molar-refractivity contribution >= 4 is 47.9 Å². The zero-order valence-corrected chi connectivity index (χ0v) is 17.6. The number of methoxy groups -OCH3 is 1. The van der Waals surface area contributed by atoms with Crippen molar-refractivity contribution in [2.45, 2.75) is 6.92 Å². The number of rotatable bonds is 6. The molecule has 4 rings (SSSR count). The number of fused-ring (bicyclic) bond motifs is 1. The van der Waals surface area contributed by atoms with Gasteiger partial charge >= 0.3 is 0 Å². The van der Waals surface area contributed by atoms with Gasteiger partial charge < -0.3 is 20.3 Å². The van der Waals surface area contributed by atoms with Gasteiger partial charge in [0.1, 0.15) is 17.1 Å². The largest absolute Gasteiger partial charge is 0.479 e. The Bertz CT molecular complexity index is 1160. The molecule has 10 nitrogen and oxygen atoms in total. The number of benzene rings is 1. The number of anilines is 2. The van der Waals surface area contributed by atoms with Crippen LogP contribution in [-0.4, -0.2) is 67.0 Å². The second-order valence-electron chi connectivity index (χ2n) is 7.09. The minimum Gasteiger partial charge on any atom is -0.479 e. The topological polar surface area (TPSA) is 109 Å². The Hall–Kier alpha value is -3.79. The summed E-state index contributed by atoms with van der Waals surface area (Å²) in [4.78, 5) is 32.3. The van der Waals surface area contributed by atoms with Crippen LogP contribution in [0, 0.1) is 6.92 Å². The molecule has 1 fully saturated rings. The van der Waals surface area contributed by atoms with E-state index in [1.54, 1.807) is 16.7 Å². The number of carbonyl (C=O) groups excluding carboxylic acids is 1. The molecular weight excluding hydrogens is 396 g/mol. The Morgan fingerprint density at radius 1 is 1.16 bits per heavy atom. The van der Waals surface area contributed by atoms with Crippen molar-refractivity contribution in [1.82, 2.24) is 19.7 Å². The highest BCUT2D eigenvalue weighted by atomic mass is 16.5. The maximum atomic E-state index is 13.2. The van der Waals surface area contributed by atoms with E-state index in [-0.39, 0.29) is 11.8 Å². The molecule has 3 heterocycles. The van der Waals surface area contributed by atoms with Crippen molar-refractivity contribution < 1.29 is 9.53 Å². The first-order chi connectivity index (χ1) is 15.0. The van der Waals surface area contributed by atoms with Gasteiger partial charge in [-0.05, 0) is 32.5 Å². The first-order valence-corrected chi connectivity index (χ1v) is 9.83. The smallest absolute Gasteiger partial charge is 0.258 e. The van der Waals surface area contributed by atoms with E-state index >= 15 is 0 Å². The summed E-state index contributed by atoms with van der Waals surface area (Å²) in [6, 6.07) is 3.60. The monoisotopic (exact) mass is 420 g/mol. The summed E-state index contributed by atoms with van der Waals surface area (Å²) < 4.78 is 7.07. The number of amides is 1. The molecule has 2 aromatic heterocycles. The molecule has 0 bridgehead atoms. The third-order valence-corrected chi connectivity index (χ3v) is 5.12. The second-order valence-corrected chi connectivity index (χ2v) is 7.09. The van der Waals surface area contributed by atoms with Crippen molar-refractivity contribution in [3.05, 3.63) is 35.8 Å². The van der Waals surface area contributed by atoms with Crippen LogP contribution in [0.15, 0.2) is 34.5 Å². The van der Waals surface area contributed by atoms with Crippen molar-refractivity contribution in [3.63, 3.8) is 0 Å². The van der Waals surface area contributed by atoms with E-state index in [1.165, 1.54) is 7.11 Å². The molecule has 1 saturated heterocycles. The predicted octanol–water partition coefficient (Wildman–Crippen LogP) is 2.37. The Kier molecular flexibility index (Phi) is 5.63. The third-order valence-electron chi connectivity index (χ3n) is 5.12. The van der Waals surface area contributed by atoms with E-state index in [1.807, 2.05) is 19.2 Å². The van der Waals surface area contributed by atoms with Crippen LogP contribution >= 0.6 is 0 Å². The Morgan fingerprint density at radius 2 is 1.90 bits per heavy atom. The third kappa shape index (κ3) is 3.84. The number of nitrogens with zero attached hydrogens (tertiary/aromatic N) is 6. The van der Waals surface area contributed by atoms with Crippen molar-refractivity contribution in [2.75, 3.05) is 43.5 Å². The minimum atomic E-state index is -0.379. The zero-order chi connectivity index (χ0) is 22.0. The number of aromatic nitrogens is 3. The highest BCUT2D eigenvalue weighted by molar-refractivity contribution is 6.11. The summed E-state index contributed by atoms with van der Waals surface area (Å²) in [5.74, 6) is 0.369. The summed E-state index contributed by atoms with van der Waals surface area (Å²) in [6.45, 7) is 12.6. The van der Waals surface area contributed by atoms with Gasteiger partial charge in [0, 0.05) is 38.6 Å². The Morgan fingerprint density at radius 3 is 2.58 bits per heavy atom. The molecule has 1 aromatic carbocycles. The highest BCUT2D eigenvalue weighted by Gasteiger charge is 2.22. The molecule has 0 spiro atoms. The van der Waals surface area contributed by atoms with Crippen LogP contribution in [0.3, 0.4) is 0 Å². The number of aliphatic imine (C=N–C) groups is 2. The number of ether oxygens (including phenoxy) is 1. The van der Waals surface area contributed by atoms with E-state index in [0.29, 0.717) is 28.4 Å². The van der Waals surface area contributed by atoms with Crippen molar-refractivity contribution in [1.29, 1.82) is 0 Å². The summed E-state index contributed by atoms with van der Waals surface area (Å²) in [7, 11) is 1.49. The van der Waals surface area contributed by atoms with Crippen LogP contribution in [0.5, 0.6) is 5.88 Å². The molecule has 1 aliphatic rings. The molecule has 0 saturated carbocycles. The minimum absolute atomic E-state index is 0.263. The van der Waals surface area contributed by atoms with Gasteiger partial charge in [0.15, 0.2) is 0 Å². The van der Waals surface area contributed by atoms with Crippen LogP contribution < -0.4 is 20.3 Å². The lowest BCUT2D eigenvalue weighted by atomic mass is 10.1. The first kappa shape index (κ1) is 20.5. The van der Waals surface area contributed by atoms with Crippen molar-refractivity contribution in [3.8, 4) is 5.88 Å². The predicted molar refractivity (Wildman–Crippen MR) is 122 cm³/mol. The number of hydrogen-bond acceptors (Lipinski definition) is 8. The van der Waals surface area contributed by atoms with Gasteiger partial charge in [0.05, 0.1) is 24.1 Å². The lowest BCUT2D eigenvalue weighted by Gasteiger charge is -2.31. The van der Waals surface area contributed by atoms with Gasteiger partial charge in [-0.25, -0.2) is 4.98 Å². The molecule has 1 amide bonds. The van der Waals surface area contributed by atoms with Crippen LogP contribution in [0.25, 0.3) is 5.78 Å². The Labute approximate surface area is 179 Å². The number of carbonyl (C=O) groups is 1. The van der Waals surface area contributed by atoms with Crippen molar-refractivity contribution in [2.24, 2.45) is 9.98 Å². The van der Waals surface area contributed by atoms with E-state index in [0.717, 1.165) is 37.6 Å². The zero-order valence-electron chi connectivity index (χ0n) is 17.6. The average molecular weight is 420 g/mol. The lowest BCUT2D eigenvalue weighted by Crippen LogP contribution is -2.43. The first-order valence-electron chi connectivity index (χ1n) is 9.83. The summed E-state index contributed by atoms with van der Waals surface area (Å²) >= 11 is 0. The van der Waals surface area contributed by atoms with Crippen LogP contribution in [0.1, 0.15) is 16.1 Å². The normalized spacial score (nSPS) is 13.8. The number of aryl methyl sites for hydroxylation is 1. The van der Waals surface area contributed by atoms with Gasteiger partial charge in [0.2, 0.25) is 11.7 Å². The molecule has 160 valence electrons. The van der Waals surface area contributed by atoms with Crippen LogP contribution in [0.2, 0.25) is 0 Å². The number of nitrogens with one attached hydrogen (secondary N) is 2. The highest BCUT2D eigenvalue weighted by Crippen LogP contribution is 2.41. The number of piperazine rings is 1. The van der Waals surface area contributed by atoms with E-state index in [4.69, 9.17) is 4.74 Å². The molecule has 10 heteroatoms. The molecule has 2 N–H and O–H groups in total. The molecule has 3 aromatic rings. The maximum absolute atomic E-state index is 13.2. The lowest BCUT2D eigenvalue weighted by molar-refractivity contribution is 0.102. The van der Waals surface area contributed by atoms with Crippen LogP contribution in [-0.2, 0) is 0 Å². The van der Waals surface area contributed by atoms with Gasteiger partial charge in [-0.3, -0.25) is 19.2 Å². The number of imidazole rings is 1. The SMILES string of the molecule is C=Nc1c(C(=O)Nc2cn3cc(C)nc3nc2OC)ccc(N2CCNCC2)c1N=C. The standard InChI is InChI=1S/C21H24N8O2/c1-13-11-29-12-15(20(31-4)27-21(29)25-13)26-19(30)14-5-6-16(18(23-3)17(14)22-2)28-9-7-24-8-10-28/h5-6,11-12,24H,2-3,7-10H2,1,4H3,(H,26,30). The van der Waals surface area contributed by atoms with Gasteiger partial charge in [0.25, 0.3) is 5.91 Å². The van der Waals surface area contributed by atoms with E-state index in [9.17, 15) is 4.79 Å². The summed E-state index contributed by atoms with van der Waals surface area (Å²) in [5, 5.41) is 6.18. The number of hydrogen-bond donors (Lipinski definition) is 2. The molecule has 0 unspecified atom stereocenters. The summed E-state index contributed by atoms with van der Waals surface area (Å²) in [6.07, 6.45) is 3.53. The van der Waals surface area contributed by atoms with E-state index < -0.39 is 0 Å². The fourth-order valence-electron chi connectivity index (χ4n) is 3.69.